The van der Waals surface area contributed by atoms with Crippen LogP contribution in [0.15, 0.2) is 4.47 Å². The fourth-order valence-corrected chi connectivity index (χ4v) is 5.67. The van der Waals surface area contributed by atoms with Crippen LogP contribution in [0.25, 0.3) is 0 Å². The average Bonchev–Trinajstić information content (AvgIpc) is 2.64. The zero-order valence-corrected chi connectivity index (χ0v) is 32.5. The summed E-state index contributed by atoms with van der Waals surface area (Å²) in [6, 6.07) is 0. The lowest BCUT2D eigenvalue weighted by Gasteiger charge is -2.15. The molecule has 0 bridgehead atoms. The summed E-state index contributed by atoms with van der Waals surface area (Å²) in [5, 5.41) is 0. The topological polar surface area (TPSA) is 0 Å². The van der Waals surface area contributed by atoms with E-state index in [1.54, 1.807) is 0 Å². The highest BCUT2D eigenvalue weighted by Gasteiger charge is 2.22. The minimum absolute atomic E-state index is 0.918. The molecule has 0 spiro atoms. The number of rotatable bonds is 0. The van der Waals surface area contributed by atoms with Gasteiger partial charge in [-0.3, -0.25) is 0 Å². The van der Waals surface area contributed by atoms with Crippen LogP contribution in [0.3, 0.4) is 0 Å². The van der Waals surface area contributed by atoms with E-state index in [2.05, 4.69) is 171 Å². The Balaban J connectivity index is 4.60. The van der Waals surface area contributed by atoms with Crippen molar-refractivity contribution in [1.82, 2.24) is 0 Å². The van der Waals surface area contributed by atoms with E-state index in [0.29, 0.717) is 0 Å². The molecule has 0 aromatic heterocycles. The summed E-state index contributed by atoms with van der Waals surface area (Å²) in [6.07, 6.45) is 0. The molecule has 0 saturated heterocycles. The van der Waals surface area contributed by atoms with Gasteiger partial charge in [0.05, 0.1) is 32.3 Å². The van der Waals surface area contributed by atoms with Gasteiger partial charge in [-0.2, -0.15) is 0 Å². The van der Waals surface area contributed by atoms with E-state index in [4.69, 9.17) is 0 Å². The first-order valence-corrected chi connectivity index (χ1v) is 31.2. The van der Waals surface area contributed by atoms with E-state index in [-0.39, 0.29) is 0 Å². The summed E-state index contributed by atoms with van der Waals surface area (Å²) in [6.45, 7) is 34.1. The Kier molecular flexibility index (Phi) is 11.1. The van der Waals surface area contributed by atoms with Crippen molar-refractivity contribution in [1.29, 1.82) is 0 Å². The quantitative estimate of drug-likeness (QED) is 0.197. The maximum Gasteiger partial charge on any atom is 0.129 e. The Morgan fingerprint density at radius 1 is 0.324 bits per heavy atom. The predicted octanol–water partition coefficient (Wildman–Crippen LogP) is 8.59. The van der Waals surface area contributed by atoms with Crippen molar-refractivity contribution in [2.24, 2.45) is 0 Å². The van der Waals surface area contributed by atoms with Gasteiger partial charge >= 0.3 is 0 Å². The fourth-order valence-electron chi connectivity index (χ4n) is 2.58. The predicted molar refractivity (Wildman–Crippen MR) is 185 cm³/mol. The summed E-state index contributed by atoms with van der Waals surface area (Å²) in [5.74, 6) is 17.9. The van der Waals surface area contributed by atoms with Crippen molar-refractivity contribution in [2.45, 2.75) is 98.2 Å². The summed E-state index contributed by atoms with van der Waals surface area (Å²) >= 11 is 3.96. The average molecular weight is 638 g/mol. The molecule has 37 heavy (non-hydrogen) atoms. The molecule has 1 aromatic rings. The molecule has 0 saturated carbocycles. The second-order valence-corrected chi connectivity index (χ2v) is 39.2. The van der Waals surface area contributed by atoms with E-state index in [0.717, 1.165) is 32.3 Å². The summed E-state index contributed by atoms with van der Waals surface area (Å²) < 4.78 is 0.919. The number of hydrogen-bond acceptors (Lipinski definition) is 0. The van der Waals surface area contributed by atoms with Crippen molar-refractivity contribution < 1.29 is 0 Å². The van der Waals surface area contributed by atoms with Gasteiger partial charge in [-0.25, -0.2) is 0 Å². The molecule has 1 rings (SSSR count). The van der Waals surface area contributed by atoms with Gasteiger partial charge in [0.2, 0.25) is 0 Å². The molecule has 0 amide bonds. The van der Waals surface area contributed by atoms with Crippen LogP contribution in [0, 0.1) is 57.3 Å². The van der Waals surface area contributed by atoms with Crippen LogP contribution >= 0.6 is 15.9 Å². The molecule has 6 heteroatoms. The van der Waals surface area contributed by atoms with Gasteiger partial charge in [0.15, 0.2) is 0 Å². The SMILES string of the molecule is C[Si](C)(C)C#Cc1c(Br)c(C#C[Si](C)(C)C)c(C#C[Si](C)(C)C)c(C#C[Si](C)(C)C)c1C#C[Si](C)(C)C. The molecule has 0 atom stereocenters. The molecular formula is C31H45BrSi5. The van der Waals surface area contributed by atoms with E-state index < -0.39 is 40.4 Å². The fraction of sp³-hybridized carbons (Fsp3) is 0.484. The lowest BCUT2D eigenvalue weighted by Crippen LogP contribution is -2.19. The molecule has 0 aliphatic heterocycles. The molecule has 0 nitrogen and oxygen atoms in total. The van der Waals surface area contributed by atoms with Gasteiger partial charge in [-0.1, -0.05) is 128 Å². The molecule has 196 valence electrons. The minimum Gasteiger partial charge on any atom is -0.127 e. The van der Waals surface area contributed by atoms with Gasteiger partial charge in [0, 0.05) is 0 Å². The van der Waals surface area contributed by atoms with E-state index in [9.17, 15) is 0 Å². The van der Waals surface area contributed by atoms with Crippen LogP contribution in [0.4, 0.5) is 0 Å². The standard InChI is InChI=1S/C31H45BrSi5/c1-33(2,3)21-16-26-27(17-22-34(4,5)6)29(19-24-36(10,11)12)31(32)30(20-25-37(13,14)15)28(26)18-23-35(7,8)9/h1-15H3. The van der Waals surface area contributed by atoms with Crippen LogP contribution in [-0.2, 0) is 0 Å². The van der Waals surface area contributed by atoms with Crippen LogP contribution in [-0.4, -0.2) is 40.4 Å². The molecule has 1 aromatic carbocycles. The van der Waals surface area contributed by atoms with Gasteiger partial charge in [-0.05, 0) is 15.9 Å². The first-order valence-electron chi connectivity index (χ1n) is 12.9. The zero-order chi connectivity index (χ0) is 29.0. The molecule has 0 heterocycles. The van der Waals surface area contributed by atoms with Gasteiger partial charge in [0.25, 0.3) is 0 Å². The zero-order valence-electron chi connectivity index (χ0n) is 25.9. The summed E-state index contributed by atoms with van der Waals surface area (Å²) in [7, 11) is -8.22. The largest absolute Gasteiger partial charge is 0.129 e. The lowest BCUT2D eigenvalue weighted by atomic mass is 9.92. The van der Waals surface area contributed by atoms with Crippen LogP contribution in [0.2, 0.25) is 98.2 Å². The van der Waals surface area contributed by atoms with Crippen molar-refractivity contribution in [3.63, 3.8) is 0 Å². The monoisotopic (exact) mass is 636 g/mol. The lowest BCUT2D eigenvalue weighted by molar-refractivity contribution is 1.44. The second kappa shape index (κ2) is 12.2. The molecular weight excluding hydrogens is 593 g/mol. The Labute approximate surface area is 242 Å². The normalized spacial score (nSPS) is 11.8. The third kappa shape index (κ3) is 13.3. The highest BCUT2D eigenvalue weighted by atomic mass is 79.9. The maximum atomic E-state index is 3.96. The number of hydrogen-bond donors (Lipinski definition) is 0. The van der Waals surface area contributed by atoms with Crippen molar-refractivity contribution in [3.8, 4) is 57.3 Å². The second-order valence-electron chi connectivity index (χ2n) is 14.7. The van der Waals surface area contributed by atoms with Crippen molar-refractivity contribution in [2.75, 3.05) is 0 Å². The van der Waals surface area contributed by atoms with Crippen LogP contribution in [0.5, 0.6) is 0 Å². The van der Waals surface area contributed by atoms with Gasteiger partial charge in [0.1, 0.15) is 40.4 Å². The summed E-state index contributed by atoms with van der Waals surface area (Å²) in [4.78, 5) is 0. The minimum atomic E-state index is -1.66. The number of halogens is 1. The van der Waals surface area contributed by atoms with E-state index in [1.807, 2.05) is 0 Å². The Hall–Kier alpha value is -1.42. The highest BCUT2D eigenvalue weighted by Crippen LogP contribution is 2.32. The molecule has 0 N–H and O–H groups in total. The maximum absolute atomic E-state index is 3.96. The Bertz CT molecular complexity index is 1270. The molecule has 0 radical (unpaired) electrons. The van der Waals surface area contributed by atoms with E-state index >= 15 is 0 Å². The van der Waals surface area contributed by atoms with Crippen molar-refractivity contribution >= 4 is 56.3 Å². The highest BCUT2D eigenvalue weighted by molar-refractivity contribution is 9.10. The van der Waals surface area contributed by atoms with Gasteiger partial charge < -0.3 is 0 Å². The van der Waals surface area contributed by atoms with Crippen molar-refractivity contribution in [3.05, 3.63) is 32.3 Å². The van der Waals surface area contributed by atoms with Crippen LogP contribution < -0.4 is 0 Å². The Morgan fingerprint density at radius 2 is 0.486 bits per heavy atom. The smallest absolute Gasteiger partial charge is 0.127 e. The molecule has 0 unspecified atom stereocenters. The molecule has 0 fully saturated rings. The molecule has 0 aliphatic carbocycles. The number of benzene rings is 1. The third-order valence-corrected chi connectivity index (χ3v) is 9.42. The van der Waals surface area contributed by atoms with Crippen LogP contribution in [0.1, 0.15) is 27.8 Å². The summed E-state index contributed by atoms with van der Waals surface area (Å²) in [5.41, 5.74) is 22.6. The third-order valence-electron chi connectivity index (χ3n) is 4.25. The first kappa shape index (κ1) is 33.6. The van der Waals surface area contributed by atoms with E-state index in [1.165, 1.54) is 0 Å². The first-order chi connectivity index (χ1) is 16.4. The van der Waals surface area contributed by atoms with Gasteiger partial charge in [-0.15, -0.1) is 27.7 Å². The molecule has 0 aliphatic rings. The Morgan fingerprint density at radius 3 is 0.676 bits per heavy atom.